The summed E-state index contributed by atoms with van der Waals surface area (Å²) in [6.07, 6.45) is 0.163. The Morgan fingerprint density at radius 1 is 1.25 bits per heavy atom. The standard InChI is InChI=1S/C16H23N3O/c1-13(2)20-15-6-4-14(5-7-15)16(3,12-17)19-10-8-18-9-11-19/h4-7,13,18H,8-11H2,1-3H3. The van der Waals surface area contributed by atoms with E-state index in [1.165, 1.54) is 0 Å². The van der Waals surface area contributed by atoms with E-state index in [0.29, 0.717) is 0 Å². The van der Waals surface area contributed by atoms with Gasteiger partial charge in [0, 0.05) is 26.2 Å². The molecule has 1 aromatic carbocycles. The van der Waals surface area contributed by atoms with Gasteiger partial charge in [0.2, 0.25) is 0 Å². The second-order valence-electron chi connectivity index (χ2n) is 5.61. The van der Waals surface area contributed by atoms with Crippen molar-refractivity contribution in [1.82, 2.24) is 10.2 Å². The summed E-state index contributed by atoms with van der Waals surface area (Å²) in [4.78, 5) is 2.24. The van der Waals surface area contributed by atoms with E-state index in [1.807, 2.05) is 45.0 Å². The third-order valence-corrected chi connectivity index (χ3v) is 3.76. The van der Waals surface area contributed by atoms with Gasteiger partial charge in [0.1, 0.15) is 11.3 Å². The molecule has 0 spiro atoms. The topological polar surface area (TPSA) is 48.3 Å². The zero-order chi connectivity index (χ0) is 14.6. The Morgan fingerprint density at radius 2 is 1.85 bits per heavy atom. The van der Waals surface area contributed by atoms with E-state index in [4.69, 9.17) is 4.74 Å². The number of piperazine rings is 1. The van der Waals surface area contributed by atoms with Gasteiger partial charge < -0.3 is 10.1 Å². The number of benzene rings is 1. The van der Waals surface area contributed by atoms with Gasteiger partial charge in [0.25, 0.3) is 0 Å². The molecule has 1 fully saturated rings. The molecule has 1 saturated heterocycles. The molecule has 1 aromatic rings. The summed E-state index contributed by atoms with van der Waals surface area (Å²) in [5.74, 6) is 0.851. The van der Waals surface area contributed by atoms with Crippen molar-refractivity contribution in [3.63, 3.8) is 0 Å². The highest BCUT2D eigenvalue weighted by Gasteiger charge is 2.34. The summed E-state index contributed by atoms with van der Waals surface area (Å²) < 4.78 is 5.65. The maximum atomic E-state index is 9.66. The lowest BCUT2D eigenvalue weighted by atomic mass is 9.91. The second-order valence-corrected chi connectivity index (χ2v) is 5.61. The Bertz CT molecular complexity index is 471. The molecular formula is C16H23N3O. The summed E-state index contributed by atoms with van der Waals surface area (Å²) in [6, 6.07) is 10.4. The van der Waals surface area contributed by atoms with Gasteiger partial charge in [-0.2, -0.15) is 5.26 Å². The predicted molar refractivity (Wildman–Crippen MR) is 79.6 cm³/mol. The number of nitriles is 1. The Hall–Kier alpha value is -1.57. The van der Waals surface area contributed by atoms with Gasteiger partial charge >= 0.3 is 0 Å². The summed E-state index contributed by atoms with van der Waals surface area (Å²) >= 11 is 0. The first-order chi connectivity index (χ1) is 9.56. The molecule has 1 unspecified atom stereocenters. The summed E-state index contributed by atoms with van der Waals surface area (Å²) in [6.45, 7) is 9.68. The molecule has 1 heterocycles. The highest BCUT2D eigenvalue weighted by Crippen LogP contribution is 2.29. The van der Waals surface area contributed by atoms with E-state index in [0.717, 1.165) is 37.5 Å². The smallest absolute Gasteiger partial charge is 0.132 e. The van der Waals surface area contributed by atoms with Crippen LogP contribution in [0.4, 0.5) is 0 Å². The Balaban J connectivity index is 2.20. The van der Waals surface area contributed by atoms with Crippen LogP contribution in [0.5, 0.6) is 5.75 Å². The summed E-state index contributed by atoms with van der Waals surface area (Å²) in [5, 5.41) is 13.0. The molecule has 1 atom stereocenters. The first kappa shape index (κ1) is 14.8. The van der Waals surface area contributed by atoms with Crippen LogP contribution in [0.15, 0.2) is 24.3 Å². The number of rotatable bonds is 4. The van der Waals surface area contributed by atoms with E-state index in [-0.39, 0.29) is 6.10 Å². The molecule has 0 radical (unpaired) electrons. The number of nitrogens with one attached hydrogen (secondary N) is 1. The molecule has 1 N–H and O–H groups in total. The molecule has 108 valence electrons. The van der Waals surface area contributed by atoms with Crippen LogP contribution in [0.1, 0.15) is 26.3 Å². The highest BCUT2D eigenvalue weighted by atomic mass is 16.5. The monoisotopic (exact) mass is 273 g/mol. The second kappa shape index (κ2) is 6.25. The Labute approximate surface area is 121 Å². The maximum Gasteiger partial charge on any atom is 0.132 e. The fourth-order valence-corrected chi connectivity index (χ4v) is 2.56. The predicted octanol–water partition coefficient (Wildman–Crippen LogP) is 2.12. The number of hydrogen-bond donors (Lipinski definition) is 1. The van der Waals surface area contributed by atoms with Crippen molar-refractivity contribution in [2.24, 2.45) is 0 Å². The van der Waals surface area contributed by atoms with Crippen LogP contribution in [-0.2, 0) is 5.54 Å². The Kier molecular flexibility index (Phi) is 4.64. The molecule has 1 aliphatic rings. The molecule has 0 amide bonds. The van der Waals surface area contributed by atoms with Crippen molar-refractivity contribution in [1.29, 1.82) is 5.26 Å². The van der Waals surface area contributed by atoms with E-state index >= 15 is 0 Å². The normalized spacial score (nSPS) is 19.4. The van der Waals surface area contributed by atoms with E-state index < -0.39 is 5.54 Å². The molecule has 0 aliphatic carbocycles. The Morgan fingerprint density at radius 3 is 2.35 bits per heavy atom. The molecular weight excluding hydrogens is 250 g/mol. The van der Waals surface area contributed by atoms with Crippen LogP contribution in [0.25, 0.3) is 0 Å². The molecule has 4 heteroatoms. The summed E-state index contributed by atoms with van der Waals surface area (Å²) in [5.41, 5.74) is 0.455. The van der Waals surface area contributed by atoms with Crippen molar-refractivity contribution in [2.45, 2.75) is 32.4 Å². The van der Waals surface area contributed by atoms with Gasteiger partial charge in [-0.1, -0.05) is 12.1 Å². The molecule has 2 rings (SSSR count). The van der Waals surface area contributed by atoms with Crippen LogP contribution in [0, 0.1) is 11.3 Å². The molecule has 20 heavy (non-hydrogen) atoms. The minimum absolute atomic E-state index is 0.163. The fourth-order valence-electron chi connectivity index (χ4n) is 2.56. The first-order valence-corrected chi connectivity index (χ1v) is 7.20. The zero-order valence-corrected chi connectivity index (χ0v) is 12.5. The van der Waals surface area contributed by atoms with Gasteiger partial charge in [-0.25, -0.2) is 0 Å². The number of nitrogens with zero attached hydrogens (tertiary/aromatic N) is 2. The largest absolute Gasteiger partial charge is 0.491 e. The third kappa shape index (κ3) is 3.12. The van der Waals surface area contributed by atoms with Crippen LogP contribution < -0.4 is 10.1 Å². The SMILES string of the molecule is CC(C)Oc1ccc(C(C)(C#N)N2CCNCC2)cc1. The average Bonchev–Trinajstić information content (AvgIpc) is 2.47. The molecule has 0 aromatic heterocycles. The lowest BCUT2D eigenvalue weighted by molar-refractivity contribution is 0.132. The molecule has 1 aliphatic heterocycles. The van der Waals surface area contributed by atoms with E-state index in [1.54, 1.807) is 0 Å². The van der Waals surface area contributed by atoms with Gasteiger partial charge in [0.05, 0.1) is 12.2 Å². The maximum absolute atomic E-state index is 9.66. The van der Waals surface area contributed by atoms with Crippen molar-refractivity contribution < 1.29 is 4.74 Å². The van der Waals surface area contributed by atoms with Gasteiger partial charge in [0.15, 0.2) is 0 Å². The average molecular weight is 273 g/mol. The van der Waals surface area contributed by atoms with Crippen molar-refractivity contribution >= 4 is 0 Å². The number of ether oxygens (including phenoxy) is 1. The fraction of sp³-hybridized carbons (Fsp3) is 0.562. The lowest BCUT2D eigenvalue weighted by Crippen LogP contribution is -2.52. The van der Waals surface area contributed by atoms with Crippen LogP contribution >= 0.6 is 0 Å². The van der Waals surface area contributed by atoms with Crippen LogP contribution in [0.3, 0.4) is 0 Å². The van der Waals surface area contributed by atoms with Gasteiger partial charge in [-0.05, 0) is 38.5 Å². The minimum Gasteiger partial charge on any atom is -0.491 e. The molecule has 0 saturated carbocycles. The first-order valence-electron chi connectivity index (χ1n) is 7.20. The quantitative estimate of drug-likeness (QED) is 0.913. The molecule has 0 bridgehead atoms. The third-order valence-electron chi connectivity index (χ3n) is 3.76. The molecule has 4 nitrogen and oxygen atoms in total. The number of hydrogen-bond acceptors (Lipinski definition) is 4. The van der Waals surface area contributed by atoms with Crippen LogP contribution in [0.2, 0.25) is 0 Å². The van der Waals surface area contributed by atoms with E-state index in [9.17, 15) is 5.26 Å². The zero-order valence-electron chi connectivity index (χ0n) is 12.5. The minimum atomic E-state index is -0.571. The highest BCUT2D eigenvalue weighted by molar-refractivity contribution is 5.35. The van der Waals surface area contributed by atoms with Gasteiger partial charge in [-0.3, -0.25) is 4.90 Å². The summed E-state index contributed by atoms with van der Waals surface area (Å²) in [7, 11) is 0. The van der Waals surface area contributed by atoms with Gasteiger partial charge in [-0.15, -0.1) is 0 Å². The van der Waals surface area contributed by atoms with Crippen LogP contribution in [-0.4, -0.2) is 37.2 Å². The van der Waals surface area contributed by atoms with Crippen molar-refractivity contribution in [3.05, 3.63) is 29.8 Å². The lowest BCUT2D eigenvalue weighted by Gasteiger charge is -2.39. The van der Waals surface area contributed by atoms with E-state index in [2.05, 4.69) is 16.3 Å². The van der Waals surface area contributed by atoms with Crippen molar-refractivity contribution in [3.8, 4) is 11.8 Å². The van der Waals surface area contributed by atoms with Crippen molar-refractivity contribution in [2.75, 3.05) is 26.2 Å².